The van der Waals surface area contributed by atoms with E-state index in [0.29, 0.717) is 5.69 Å². The summed E-state index contributed by atoms with van der Waals surface area (Å²) in [7, 11) is 1.89. The number of pyridine rings is 1. The first-order valence-electron chi connectivity index (χ1n) is 4.20. The van der Waals surface area contributed by atoms with E-state index in [1.807, 2.05) is 24.9 Å². The second-order valence-electron chi connectivity index (χ2n) is 3.09. The molecule has 4 nitrogen and oxygen atoms in total. The molecular formula is C9H15N3O. The van der Waals surface area contributed by atoms with Gasteiger partial charge in [0.2, 0.25) is 0 Å². The lowest BCUT2D eigenvalue weighted by Crippen LogP contribution is -2.32. The van der Waals surface area contributed by atoms with Crippen molar-refractivity contribution in [3.8, 4) is 0 Å². The molecule has 0 saturated heterocycles. The molecule has 0 spiro atoms. The number of nitrogens with zero attached hydrogens (tertiary/aromatic N) is 2. The van der Waals surface area contributed by atoms with Crippen LogP contribution >= 0.6 is 0 Å². The van der Waals surface area contributed by atoms with Gasteiger partial charge in [0.25, 0.3) is 0 Å². The fourth-order valence-electron chi connectivity index (χ4n) is 0.954. The van der Waals surface area contributed by atoms with Crippen LogP contribution in [0, 0.1) is 0 Å². The molecule has 0 aromatic carbocycles. The van der Waals surface area contributed by atoms with Crippen LogP contribution in [0.4, 0.5) is 11.5 Å². The Morgan fingerprint density at radius 1 is 1.62 bits per heavy atom. The summed E-state index contributed by atoms with van der Waals surface area (Å²) in [5.41, 5.74) is 6.15. The van der Waals surface area contributed by atoms with Crippen LogP contribution in [-0.2, 0) is 0 Å². The van der Waals surface area contributed by atoms with E-state index < -0.39 is 0 Å². The van der Waals surface area contributed by atoms with Crippen LogP contribution in [-0.4, -0.2) is 29.8 Å². The molecule has 1 heterocycles. The van der Waals surface area contributed by atoms with Crippen molar-refractivity contribution in [2.75, 3.05) is 24.3 Å². The summed E-state index contributed by atoms with van der Waals surface area (Å²) in [6.07, 6.45) is 1.61. The molecule has 72 valence electrons. The van der Waals surface area contributed by atoms with Gasteiger partial charge in [-0.1, -0.05) is 0 Å². The van der Waals surface area contributed by atoms with Gasteiger partial charge in [-0.15, -0.1) is 0 Å². The van der Waals surface area contributed by atoms with Crippen LogP contribution in [0.15, 0.2) is 18.3 Å². The van der Waals surface area contributed by atoms with E-state index in [-0.39, 0.29) is 12.6 Å². The molecule has 1 rings (SSSR count). The van der Waals surface area contributed by atoms with Gasteiger partial charge in [-0.2, -0.15) is 0 Å². The van der Waals surface area contributed by atoms with Crippen LogP contribution in [0.3, 0.4) is 0 Å². The minimum absolute atomic E-state index is 0.0659. The number of hydrogen-bond acceptors (Lipinski definition) is 4. The topological polar surface area (TPSA) is 62.4 Å². The molecule has 0 aliphatic carbocycles. The molecule has 0 saturated carbocycles. The maximum Gasteiger partial charge on any atom is 0.128 e. The molecule has 0 aliphatic rings. The van der Waals surface area contributed by atoms with Gasteiger partial charge in [0.05, 0.1) is 24.5 Å². The Kier molecular flexibility index (Phi) is 3.08. The first-order valence-corrected chi connectivity index (χ1v) is 4.20. The van der Waals surface area contributed by atoms with E-state index in [1.54, 1.807) is 12.3 Å². The normalized spacial score (nSPS) is 12.5. The molecule has 0 amide bonds. The zero-order valence-corrected chi connectivity index (χ0v) is 7.94. The number of aromatic nitrogens is 1. The Labute approximate surface area is 78.0 Å². The monoisotopic (exact) mass is 181 g/mol. The highest BCUT2D eigenvalue weighted by Gasteiger charge is 2.08. The molecule has 0 aliphatic heterocycles. The second-order valence-corrected chi connectivity index (χ2v) is 3.09. The number of anilines is 2. The first kappa shape index (κ1) is 9.80. The number of aliphatic hydroxyl groups excluding tert-OH is 1. The zero-order chi connectivity index (χ0) is 9.84. The number of likely N-dealkylation sites (N-methyl/N-ethyl adjacent to an activating group) is 1. The lowest BCUT2D eigenvalue weighted by molar-refractivity contribution is 0.270. The van der Waals surface area contributed by atoms with Crippen molar-refractivity contribution in [2.24, 2.45) is 0 Å². The van der Waals surface area contributed by atoms with Gasteiger partial charge >= 0.3 is 0 Å². The Bertz CT molecular complexity index is 260. The van der Waals surface area contributed by atoms with Crippen molar-refractivity contribution in [3.63, 3.8) is 0 Å². The number of nitrogens with two attached hydrogens (primary N) is 1. The van der Waals surface area contributed by atoms with Gasteiger partial charge in [0.15, 0.2) is 0 Å². The van der Waals surface area contributed by atoms with Crippen LogP contribution < -0.4 is 10.6 Å². The van der Waals surface area contributed by atoms with Gasteiger partial charge < -0.3 is 15.7 Å². The minimum atomic E-state index is 0.0659. The van der Waals surface area contributed by atoms with Gasteiger partial charge in [0.1, 0.15) is 5.82 Å². The second kappa shape index (κ2) is 4.09. The molecule has 3 N–H and O–H groups in total. The zero-order valence-electron chi connectivity index (χ0n) is 7.94. The van der Waals surface area contributed by atoms with Crippen LogP contribution in [0.2, 0.25) is 0 Å². The van der Waals surface area contributed by atoms with Gasteiger partial charge in [-0.05, 0) is 19.1 Å². The third kappa shape index (κ3) is 2.32. The van der Waals surface area contributed by atoms with E-state index in [4.69, 9.17) is 10.8 Å². The van der Waals surface area contributed by atoms with Gasteiger partial charge in [-0.3, -0.25) is 0 Å². The summed E-state index contributed by atoms with van der Waals surface area (Å²) in [4.78, 5) is 6.04. The highest BCUT2D eigenvalue weighted by atomic mass is 16.3. The van der Waals surface area contributed by atoms with Crippen molar-refractivity contribution >= 4 is 11.5 Å². The molecule has 4 heteroatoms. The van der Waals surface area contributed by atoms with E-state index in [0.717, 1.165) is 5.82 Å². The number of nitrogen functional groups attached to an aromatic ring is 1. The fourth-order valence-corrected chi connectivity index (χ4v) is 0.954. The highest BCUT2D eigenvalue weighted by Crippen LogP contribution is 2.12. The fraction of sp³-hybridized carbons (Fsp3) is 0.444. The largest absolute Gasteiger partial charge is 0.397 e. The maximum atomic E-state index is 8.93. The molecule has 1 aromatic heterocycles. The Balaban J connectivity index is 2.77. The summed E-state index contributed by atoms with van der Waals surface area (Å²) in [6.45, 7) is 2.04. The van der Waals surface area contributed by atoms with Crippen molar-refractivity contribution < 1.29 is 5.11 Å². The maximum absolute atomic E-state index is 8.93. The van der Waals surface area contributed by atoms with E-state index in [9.17, 15) is 0 Å². The lowest BCUT2D eigenvalue weighted by atomic mass is 10.3. The van der Waals surface area contributed by atoms with Crippen molar-refractivity contribution in [1.29, 1.82) is 0 Å². The molecule has 1 aromatic rings. The Morgan fingerprint density at radius 3 is 2.77 bits per heavy atom. The quantitative estimate of drug-likeness (QED) is 0.712. The molecule has 1 atom stereocenters. The standard InChI is InChI=1S/C9H15N3O/c1-7(6-13)12(2)9-4-3-8(10)5-11-9/h3-5,7,13H,6,10H2,1-2H3/t7-/m0/s1. The van der Waals surface area contributed by atoms with Crippen molar-refractivity contribution in [1.82, 2.24) is 4.98 Å². The van der Waals surface area contributed by atoms with Gasteiger partial charge in [0, 0.05) is 7.05 Å². The summed E-state index contributed by atoms with van der Waals surface area (Å²) >= 11 is 0. The molecule has 0 unspecified atom stereocenters. The van der Waals surface area contributed by atoms with Crippen molar-refractivity contribution in [2.45, 2.75) is 13.0 Å². The predicted molar refractivity (Wildman–Crippen MR) is 53.6 cm³/mol. The van der Waals surface area contributed by atoms with Crippen LogP contribution in [0.5, 0.6) is 0 Å². The predicted octanol–water partition coefficient (Wildman–Crippen LogP) is 0.481. The smallest absolute Gasteiger partial charge is 0.128 e. The molecule has 13 heavy (non-hydrogen) atoms. The summed E-state index contributed by atoms with van der Waals surface area (Å²) in [5, 5.41) is 8.93. The summed E-state index contributed by atoms with van der Waals surface area (Å²) < 4.78 is 0. The highest BCUT2D eigenvalue weighted by molar-refractivity contribution is 5.45. The van der Waals surface area contributed by atoms with E-state index >= 15 is 0 Å². The number of hydrogen-bond donors (Lipinski definition) is 2. The Hall–Kier alpha value is -1.29. The molecule has 0 bridgehead atoms. The third-order valence-corrected chi connectivity index (χ3v) is 2.06. The lowest BCUT2D eigenvalue weighted by Gasteiger charge is -2.23. The summed E-state index contributed by atoms with van der Waals surface area (Å²) in [5.74, 6) is 0.816. The van der Waals surface area contributed by atoms with E-state index in [1.165, 1.54) is 0 Å². The molecule has 0 radical (unpaired) electrons. The van der Waals surface area contributed by atoms with Crippen molar-refractivity contribution in [3.05, 3.63) is 18.3 Å². The van der Waals surface area contributed by atoms with E-state index in [2.05, 4.69) is 4.98 Å². The van der Waals surface area contributed by atoms with Crippen LogP contribution in [0.25, 0.3) is 0 Å². The molecular weight excluding hydrogens is 166 g/mol. The van der Waals surface area contributed by atoms with Gasteiger partial charge in [-0.25, -0.2) is 4.98 Å². The first-order chi connectivity index (χ1) is 6.15. The SMILES string of the molecule is C[C@@H](CO)N(C)c1ccc(N)cn1. The third-order valence-electron chi connectivity index (χ3n) is 2.06. The Morgan fingerprint density at radius 2 is 2.31 bits per heavy atom. The summed E-state index contributed by atoms with van der Waals surface area (Å²) in [6, 6.07) is 3.70. The number of rotatable bonds is 3. The molecule has 0 fully saturated rings. The minimum Gasteiger partial charge on any atom is -0.397 e. The average Bonchev–Trinajstić information content (AvgIpc) is 2.17. The average molecular weight is 181 g/mol. The van der Waals surface area contributed by atoms with Crippen LogP contribution in [0.1, 0.15) is 6.92 Å². The number of aliphatic hydroxyl groups is 1.